The Morgan fingerprint density at radius 3 is 2.63 bits per heavy atom. The molecule has 1 saturated carbocycles. The van der Waals surface area contributed by atoms with Gasteiger partial charge in [0.05, 0.1) is 18.9 Å². The zero-order valence-corrected chi connectivity index (χ0v) is 12.0. The fourth-order valence-electron chi connectivity index (χ4n) is 3.03. The van der Waals surface area contributed by atoms with Crippen LogP contribution in [0.2, 0.25) is 0 Å². The molecule has 1 aliphatic rings. The van der Waals surface area contributed by atoms with Gasteiger partial charge in [-0.05, 0) is 37.7 Å². The number of aromatic nitrogens is 1. The molecule has 3 nitrogen and oxygen atoms in total. The number of rotatable bonds is 5. The second-order valence-electron chi connectivity index (χ2n) is 5.52. The molecule has 0 aromatic carbocycles. The van der Waals surface area contributed by atoms with E-state index in [9.17, 15) is 5.11 Å². The van der Waals surface area contributed by atoms with E-state index < -0.39 is 6.10 Å². The van der Waals surface area contributed by atoms with Gasteiger partial charge >= 0.3 is 0 Å². The highest BCUT2D eigenvalue weighted by Gasteiger charge is 2.27. The Hall–Kier alpha value is -1.09. The quantitative estimate of drug-likeness (QED) is 0.880. The van der Waals surface area contributed by atoms with E-state index in [2.05, 4.69) is 11.9 Å². The second kappa shape index (κ2) is 6.90. The Kier molecular flexibility index (Phi) is 5.20. The van der Waals surface area contributed by atoms with Gasteiger partial charge in [-0.25, -0.2) is 0 Å². The second-order valence-corrected chi connectivity index (χ2v) is 5.52. The Balaban J connectivity index is 1.99. The van der Waals surface area contributed by atoms with Gasteiger partial charge in [-0.15, -0.1) is 0 Å². The number of nitrogens with zero attached hydrogens (tertiary/aromatic N) is 1. The fourth-order valence-corrected chi connectivity index (χ4v) is 3.03. The molecule has 0 bridgehead atoms. The average molecular weight is 263 g/mol. The van der Waals surface area contributed by atoms with E-state index in [1.54, 1.807) is 12.4 Å². The van der Waals surface area contributed by atoms with E-state index in [0.29, 0.717) is 12.5 Å². The molecule has 1 unspecified atom stereocenters. The van der Waals surface area contributed by atoms with Gasteiger partial charge in [-0.1, -0.05) is 26.2 Å². The van der Waals surface area contributed by atoms with E-state index in [-0.39, 0.29) is 0 Å². The average Bonchev–Trinajstić information content (AvgIpc) is 2.47. The van der Waals surface area contributed by atoms with Crippen LogP contribution in [0.4, 0.5) is 0 Å². The van der Waals surface area contributed by atoms with Crippen molar-refractivity contribution in [3.63, 3.8) is 0 Å². The Labute approximate surface area is 116 Å². The minimum absolute atomic E-state index is 0.376. The zero-order valence-electron chi connectivity index (χ0n) is 12.0. The van der Waals surface area contributed by atoms with Crippen molar-refractivity contribution in [2.75, 3.05) is 6.61 Å². The van der Waals surface area contributed by atoms with Crippen LogP contribution in [0.1, 0.15) is 57.6 Å². The number of pyridine rings is 1. The summed E-state index contributed by atoms with van der Waals surface area (Å²) in [7, 11) is 0. The summed E-state index contributed by atoms with van der Waals surface area (Å²) >= 11 is 0. The van der Waals surface area contributed by atoms with Crippen molar-refractivity contribution >= 4 is 0 Å². The molecule has 1 heterocycles. The molecule has 0 amide bonds. The minimum Gasteiger partial charge on any atom is -0.492 e. The van der Waals surface area contributed by atoms with Gasteiger partial charge in [-0.2, -0.15) is 0 Å². The van der Waals surface area contributed by atoms with E-state index in [0.717, 1.165) is 30.1 Å². The van der Waals surface area contributed by atoms with E-state index in [1.165, 1.54) is 19.3 Å². The highest BCUT2D eigenvalue weighted by atomic mass is 16.5. The standard InChI is InChI=1S/C16H25NO2/c1-3-12-5-7-13(8-6-12)16(18)14-9-15(19-4-2)11-17-10-14/h9-13,16,18H,3-8H2,1-2H3. The molecule has 19 heavy (non-hydrogen) atoms. The van der Waals surface area contributed by atoms with Crippen molar-refractivity contribution in [3.8, 4) is 5.75 Å². The van der Waals surface area contributed by atoms with Crippen molar-refractivity contribution in [2.24, 2.45) is 11.8 Å². The summed E-state index contributed by atoms with van der Waals surface area (Å²) in [6.45, 7) is 4.84. The summed E-state index contributed by atoms with van der Waals surface area (Å²) < 4.78 is 5.44. The van der Waals surface area contributed by atoms with Crippen LogP contribution in [0, 0.1) is 11.8 Å². The molecule has 3 heteroatoms. The Morgan fingerprint density at radius 2 is 2.00 bits per heavy atom. The van der Waals surface area contributed by atoms with Crippen molar-refractivity contribution < 1.29 is 9.84 Å². The molecule has 106 valence electrons. The molecule has 1 atom stereocenters. The smallest absolute Gasteiger partial charge is 0.137 e. The Bertz CT molecular complexity index is 386. The molecule has 1 fully saturated rings. The molecule has 0 saturated heterocycles. The van der Waals surface area contributed by atoms with Gasteiger partial charge in [0.25, 0.3) is 0 Å². The molecule has 0 spiro atoms. The molecule has 0 radical (unpaired) electrons. The lowest BCUT2D eigenvalue weighted by Gasteiger charge is -2.31. The van der Waals surface area contributed by atoms with Gasteiger partial charge in [0, 0.05) is 11.8 Å². The largest absolute Gasteiger partial charge is 0.492 e. The van der Waals surface area contributed by atoms with Crippen molar-refractivity contribution in [2.45, 2.75) is 52.1 Å². The predicted molar refractivity (Wildman–Crippen MR) is 76.1 cm³/mol. The topological polar surface area (TPSA) is 42.4 Å². The highest BCUT2D eigenvalue weighted by Crippen LogP contribution is 2.38. The highest BCUT2D eigenvalue weighted by molar-refractivity contribution is 5.25. The van der Waals surface area contributed by atoms with Crippen LogP contribution in [-0.2, 0) is 0 Å². The van der Waals surface area contributed by atoms with E-state index in [1.807, 2.05) is 13.0 Å². The maximum absolute atomic E-state index is 10.5. The summed E-state index contributed by atoms with van der Waals surface area (Å²) in [6, 6.07) is 1.92. The summed E-state index contributed by atoms with van der Waals surface area (Å²) in [4.78, 5) is 4.17. The third-order valence-electron chi connectivity index (χ3n) is 4.30. The van der Waals surface area contributed by atoms with Crippen LogP contribution < -0.4 is 4.74 Å². The third-order valence-corrected chi connectivity index (χ3v) is 4.30. The van der Waals surface area contributed by atoms with Gasteiger partial charge in [0.2, 0.25) is 0 Å². The Morgan fingerprint density at radius 1 is 1.26 bits per heavy atom. The lowest BCUT2D eigenvalue weighted by molar-refractivity contribution is 0.0724. The number of hydrogen-bond donors (Lipinski definition) is 1. The minimum atomic E-state index is -0.397. The van der Waals surface area contributed by atoms with Crippen molar-refractivity contribution in [1.29, 1.82) is 0 Å². The maximum atomic E-state index is 10.5. The van der Waals surface area contributed by atoms with Crippen molar-refractivity contribution in [1.82, 2.24) is 4.98 Å². The first-order chi connectivity index (χ1) is 9.24. The number of aliphatic hydroxyl groups excluding tert-OH is 1. The summed E-state index contributed by atoms with van der Waals surface area (Å²) in [5.74, 6) is 1.99. The normalized spacial score (nSPS) is 25.0. The molecular weight excluding hydrogens is 238 g/mol. The molecule has 0 aliphatic heterocycles. The third kappa shape index (κ3) is 3.69. The maximum Gasteiger partial charge on any atom is 0.137 e. The first kappa shape index (κ1) is 14.3. The summed E-state index contributed by atoms with van der Waals surface area (Å²) in [5, 5.41) is 10.5. The van der Waals surface area contributed by atoms with E-state index >= 15 is 0 Å². The van der Waals surface area contributed by atoms with Gasteiger partial charge < -0.3 is 9.84 Å². The monoisotopic (exact) mass is 263 g/mol. The van der Waals surface area contributed by atoms with Gasteiger partial charge in [0.15, 0.2) is 0 Å². The molecule has 1 aliphatic carbocycles. The zero-order chi connectivity index (χ0) is 13.7. The number of ether oxygens (including phenoxy) is 1. The first-order valence-electron chi connectivity index (χ1n) is 7.50. The van der Waals surface area contributed by atoms with Crippen molar-refractivity contribution in [3.05, 3.63) is 24.0 Å². The van der Waals surface area contributed by atoms with Crippen LogP contribution in [0.15, 0.2) is 18.5 Å². The number of hydrogen-bond acceptors (Lipinski definition) is 3. The fraction of sp³-hybridized carbons (Fsp3) is 0.688. The molecule has 1 N–H and O–H groups in total. The van der Waals surface area contributed by atoms with Crippen LogP contribution in [0.25, 0.3) is 0 Å². The van der Waals surface area contributed by atoms with Crippen LogP contribution in [0.3, 0.4) is 0 Å². The lowest BCUT2D eigenvalue weighted by atomic mass is 9.77. The molecule has 1 aromatic heterocycles. The van der Waals surface area contributed by atoms with Gasteiger partial charge in [-0.3, -0.25) is 4.98 Å². The first-order valence-corrected chi connectivity index (χ1v) is 7.50. The summed E-state index contributed by atoms with van der Waals surface area (Å²) in [5.41, 5.74) is 0.894. The van der Waals surface area contributed by atoms with Gasteiger partial charge in [0.1, 0.15) is 5.75 Å². The lowest BCUT2D eigenvalue weighted by Crippen LogP contribution is -2.20. The predicted octanol–water partition coefficient (Wildman–Crippen LogP) is 3.73. The molecule has 2 rings (SSSR count). The summed E-state index contributed by atoms with van der Waals surface area (Å²) in [6.07, 6.45) is 9.08. The van der Waals surface area contributed by atoms with Crippen LogP contribution in [-0.4, -0.2) is 16.7 Å². The molecule has 1 aromatic rings. The van der Waals surface area contributed by atoms with Crippen LogP contribution >= 0.6 is 0 Å². The van der Waals surface area contributed by atoms with Crippen LogP contribution in [0.5, 0.6) is 5.75 Å². The SMILES string of the molecule is CCOc1cncc(C(O)C2CCC(CC)CC2)c1. The molecular formula is C16H25NO2. The van der Waals surface area contributed by atoms with E-state index in [4.69, 9.17) is 4.74 Å². The number of aliphatic hydroxyl groups is 1.